The molecule has 0 atom stereocenters. The number of hydrogen-bond acceptors (Lipinski definition) is 4. The summed E-state index contributed by atoms with van der Waals surface area (Å²) in [6, 6.07) is 14.5. The largest absolute Gasteiger partial charge is 0.440 e. The number of amides is 1. The molecule has 2 aromatic carbocycles. The third-order valence-corrected chi connectivity index (χ3v) is 5.49. The second kappa shape index (κ2) is 8.15. The molecule has 1 aliphatic rings. The Kier molecular flexibility index (Phi) is 5.44. The first kappa shape index (κ1) is 18.7. The van der Waals surface area contributed by atoms with Crippen molar-refractivity contribution in [2.75, 3.05) is 13.1 Å². The van der Waals surface area contributed by atoms with Crippen molar-refractivity contribution in [3.63, 3.8) is 0 Å². The summed E-state index contributed by atoms with van der Waals surface area (Å²) in [7, 11) is 0. The molecule has 2 heterocycles. The van der Waals surface area contributed by atoms with E-state index in [1.165, 1.54) is 0 Å². The smallest absolute Gasteiger partial charge is 0.223 e. The molecule has 6 heteroatoms. The van der Waals surface area contributed by atoms with Crippen LogP contribution < -0.4 is 0 Å². The molecule has 0 saturated carbocycles. The number of piperidine rings is 1. The first-order valence-corrected chi connectivity index (χ1v) is 9.90. The van der Waals surface area contributed by atoms with Crippen LogP contribution in [0.2, 0.25) is 5.02 Å². The number of Topliss-reactive ketones (excluding diaryl/α,β-unsaturated/α-hetero) is 1. The number of oxazole rings is 1. The molecule has 1 aromatic heterocycles. The van der Waals surface area contributed by atoms with E-state index in [0.29, 0.717) is 23.7 Å². The molecule has 0 N–H and O–H groups in total. The standard InChI is InChI=1S/C22H21ClN2O3/c23-17-7-5-15(6-8-17)19(26)9-10-21(27)25-13-11-16(12-14-25)22-24-18-3-1-2-4-20(18)28-22/h1-8,16H,9-14H2. The maximum atomic E-state index is 12.5. The summed E-state index contributed by atoms with van der Waals surface area (Å²) in [6.45, 7) is 1.33. The summed E-state index contributed by atoms with van der Waals surface area (Å²) in [5.74, 6) is 0.975. The van der Waals surface area contributed by atoms with E-state index >= 15 is 0 Å². The molecule has 3 aromatic rings. The fourth-order valence-electron chi connectivity index (χ4n) is 3.60. The topological polar surface area (TPSA) is 63.4 Å². The van der Waals surface area contributed by atoms with Crippen molar-refractivity contribution in [1.82, 2.24) is 9.88 Å². The van der Waals surface area contributed by atoms with Crippen molar-refractivity contribution in [1.29, 1.82) is 0 Å². The minimum absolute atomic E-state index is 0.0262. The third kappa shape index (κ3) is 4.09. The maximum absolute atomic E-state index is 12.5. The van der Waals surface area contributed by atoms with Crippen LogP contribution in [0.4, 0.5) is 0 Å². The molecule has 0 radical (unpaired) electrons. The van der Waals surface area contributed by atoms with Crippen LogP contribution >= 0.6 is 11.6 Å². The lowest BCUT2D eigenvalue weighted by Crippen LogP contribution is -2.38. The molecular formula is C22H21ClN2O3. The number of likely N-dealkylation sites (tertiary alicyclic amines) is 1. The summed E-state index contributed by atoms with van der Waals surface area (Å²) >= 11 is 5.84. The molecule has 0 spiro atoms. The SMILES string of the molecule is O=C(CCC(=O)N1CCC(c2nc3ccccc3o2)CC1)c1ccc(Cl)cc1. The van der Waals surface area contributed by atoms with Gasteiger partial charge in [0.1, 0.15) is 5.52 Å². The van der Waals surface area contributed by atoms with Crippen LogP contribution in [0, 0.1) is 0 Å². The highest BCUT2D eigenvalue weighted by Crippen LogP contribution is 2.30. The van der Waals surface area contributed by atoms with Crippen molar-refractivity contribution < 1.29 is 14.0 Å². The highest BCUT2D eigenvalue weighted by molar-refractivity contribution is 6.30. The lowest BCUT2D eigenvalue weighted by molar-refractivity contribution is -0.132. The van der Waals surface area contributed by atoms with Crippen LogP contribution in [0.1, 0.15) is 47.8 Å². The molecule has 5 nitrogen and oxygen atoms in total. The van der Waals surface area contributed by atoms with Crippen molar-refractivity contribution in [3.8, 4) is 0 Å². The van der Waals surface area contributed by atoms with Gasteiger partial charge in [-0.3, -0.25) is 9.59 Å². The van der Waals surface area contributed by atoms with Crippen LogP contribution in [0.25, 0.3) is 11.1 Å². The Labute approximate surface area is 168 Å². The van der Waals surface area contributed by atoms with Gasteiger partial charge in [0.15, 0.2) is 17.3 Å². The van der Waals surface area contributed by atoms with Crippen LogP contribution in [0.5, 0.6) is 0 Å². The van der Waals surface area contributed by atoms with Gasteiger partial charge >= 0.3 is 0 Å². The molecule has 1 saturated heterocycles. The fourth-order valence-corrected chi connectivity index (χ4v) is 3.73. The highest BCUT2D eigenvalue weighted by atomic mass is 35.5. The lowest BCUT2D eigenvalue weighted by atomic mass is 9.96. The Bertz CT molecular complexity index is 955. The minimum atomic E-state index is -0.0358. The number of hydrogen-bond donors (Lipinski definition) is 0. The number of halogens is 1. The summed E-state index contributed by atoms with van der Waals surface area (Å²) in [4.78, 5) is 31.1. The Hall–Kier alpha value is -2.66. The number of ketones is 1. The van der Waals surface area contributed by atoms with Gasteiger partial charge in [0, 0.05) is 42.4 Å². The molecule has 0 unspecified atom stereocenters. The quantitative estimate of drug-likeness (QED) is 0.578. The van der Waals surface area contributed by atoms with Crippen LogP contribution in [-0.2, 0) is 4.79 Å². The Morgan fingerprint density at radius 2 is 1.75 bits per heavy atom. The number of aromatic nitrogens is 1. The molecule has 4 rings (SSSR count). The number of nitrogens with zero attached hydrogens (tertiary/aromatic N) is 2. The van der Waals surface area contributed by atoms with Gasteiger partial charge in [-0.1, -0.05) is 23.7 Å². The van der Waals surface area contributed by atoms with Gasteiger partial charge in [-0.2, -0.15) is 0 Å². The molecule has 1 amide bonds. The minimum Gasteiger partial charge on any atom is -0.440 e. The Morgan fingerprint density at radius 1 is 1.04 bits per heavy atom. The predicted molar refractivity (Wildman–Crippen MR) is 108 cm³/mol. The summed E-state index contributed by atoms with van der Waals surface area (Å²) in [5.41, 5.74) is 2.26. The average molecular weight is 397 g/mol. The molecule has 0 aliphatic carbocycles. The predicted octanol–water partition coefficient (Wildman–Crippen LogP) is 4.85. The van der Waals surface area contributed by atoms with E-state index in [1.54, 1.807) is 24.3 Å². The molecule has 0 bridgehead atoms. The first-order chi connectivity index (χ1) is 13.6. The van der Waals surface area contributed by atoms with Crippen LogP contribution in [0.3, 0.4) is 0 Å². The van der Waals surface area contributed by atoms with Crippen molar-refractivity contribution in [3.05, 3.63) is 65.0 Å². The van der Waals surface area contributed by atoms with E-state index < -0.39 is 0 Å². The van der Waals surface area contributed by atoms with Gasteiger partial charge in [0.25, 0.3) is 0 Å². The average Bonchev–Trinajstić information content (AvgIpc) is 3.16. The zero-order valence-corrected chi connectivity index (χ0v) is 16.2. The number of carbonyl (C=O) groups excluding carboxylic acids is 2. The number of para-hydroxylation sites is 2. The summed E-state index contributed by atoms with van der Waals surface area (Å²) in [5, 5.41) is 0.592. The number of rotatable bonds is 5. The Balaban J connectivity index is 1.29. The normalized spacial score (nSPS) is 15.1. The molecule has 28 heavy (non-hydrogen) atoms. The van der Waals surface area contributed by atoms with Gasteiger partial charge in [0.05, 0.1) is 0 Å². The van der Waals surface area contributed by atoms with Crippen molar-refractivity contribution in [2.45, 2.75) is 31.6 Å². The van der Waals surface area contributed by atoms with E-state index in [4.69, 9.17) is 16.0 Å². The van der Waals surface area contributed by atoms with E-state index in [2.05, 4.69) is 4.98 Å². The molecular weight excluding hydrogens is 376 g/mol. The number of carbonyl (C=O) groups is 2. The Morgan fingerprint density at radius 3 is 2.46 bits per heavy atom. The second-order valence-corrected chi connectivity index (χ2v) is 7.54. The highest BCUT2D eigenvalue weighted by Gasteiger charge is 2.27. The zero-order valence-electron chi connectivity index (χ0n) is 15.4. The van der Waals surface area contributed by atoms with E-state index in [1.807, 2.05) is 29.2 Å². The van der Waals surface area contributed by atoms with Gasteiger partial charge < -0.3 is 9.32 Å². The molecule has 144 valence electrons. The monoisotopic (exact) mass is 396 g/mol. The van der Waals surface area contributed by atoms with Crippen molar-refractivity contribution >= 4 is 34.4 Å². The summed E-state index contributed by atoms with van der Waals surface area (Å²) < 4.78 is 5.87. The summed E-state index contributed by atoms with van der Waals surface area (Å²) in [6.07, 6.45) is 2.09. The number of benzene rings is 2. The second-order valence-electron chi connectivity index (χ2n) is 7.10. The van der Waals surface area contributed by atoms with E-state index in [0.717, 1.165) is 29.8 Å². The van der Waals surface area contributed by atoms with Crippen LogP contribution in [0.15, 0.2) is 52.9 Å². The number of fused-ring (bicyclic) bond motifs is 1. The first-order valence-electron chi connectivity index (χ1n) is 9.52. The maximum Gasteiger partial charge on any atom is 0.223 e. The molecule has 1 aliphatic heterocycles. The van der Waals surface area contributed by atoms with Gasteiger partial charge in [-0.15, -0.1) is 0 Å². The van der Waals surface area contributed by atoms with E-state index in [-0.39, 0.29) is 30.4 Å². The lowest BCUT2D eigenvalue weighted by Gasteiger charge is -2.30. The van der Waals surface area contributed by atoms with Gasteiger partial charge in [-0.05, 0) is 49.2 Å². The fraction of sp³-hybridized carbons (Fsp3) is 0.318. The van der Waals surface area contributed by atoms with Gasteiger partial charge in [0.2, 0.25) is 5.91 Å². The van der Waals surface area contributed by atoms with E-state index in [9.17, 15) is 9.59 Å². The molecule has 1 fully saturated rings. The van der Waals surface area contributed by atoms with Gasteiger partial charge in [-0.25, -0.2) is 4.98 Å². The van der Waals surface area contributed by atoms with Crippen LogP contribution in [-0.4, -0.2) is 34.7 Å². The van der Waals surface area contributed by atoms with Crippen molar-refractivity contribution in [2.24, 2.45) is 0 Å². The third-order valence-electron chi connectivity index (χ3n) is 5.24. The zero-order chi connectivity index (χ0) is 19.5.